The number of fused-ring (bicyclic) bond motifs is 1. The first-order valence-corrected chi connectivity index (χ1v) is 12.0. The molecule has 7 heteroatoms. The molecule has 0 spiro atoms. The van der Waals surface area contributed by atoms with Crippen LogP contribution in [0.15, 0.2) is 11.1 Å². The first-order valence-electron chi connectivity index (χ1n) is 12.0. The Morgan fingerprint density at radius 3 is 2.71 bits per heavy atom. The molecule has 1 saturated carbocycles. The molecule has 7 nitrogen and oxygen atoms in total. The van der Waals surface area contributed by atoms with E-state index in [9.17, 15) is 4.79 Å². The van der Waals surface area contributed by atoms with Crippen molar-refractivity contribution in [2.45, 2.75) is 89.3 Å². The summed E-state index contributed by atoms with van der Waals surface area (Å²) in [5, 5.41) is 3.87. The highest BCUT2D eigenvalue weighted by atomic mass is 16.5. The minimum Gasteiger partial charge on any atom is -0.387 e. The molecule has 1 amide bonds. The molecule has 2 atom stereocenters. The zero-order chi connectivity index (χ0) is 21.8. The predicted molar refractivity (Wildman–Crippen MR) is 124 cm³/mol. The molecule has 2 unspecified atom stereocenters. The van der Waals surface area contributed by atoms with Crippen LogP contribution in [-0.2, 0) is 17.6 Å². The minimum absolute atomic E-state index is 0.0659. The van der Waals surface area contributed by atoms with Crippen LogP contribution in [0, 0.1) is 0 Å². The van der Waals surface area contributed by atoms with Crippen LogP contribution in [-0.4, -0.2) is 55.1 Å². The third-order valence-electron chi connectivity index (χ3n) is 7.01. The highest BCUT2D eigenvalue weighted by molar-refractivity contribution is 6.05. The standard InChI is InChI=1S/C24H37N5O2/c1-16(25)26-24(30)19-14-17-8-6-7-11-20(17)28-23(19)29-13-12-21(22(15-29)31-2)27-18-9-4-3-5-10-18/h14,18,21-22,27H,3-13,15H2,1-2H3,(H2,25,26,30). The van der Waals surface area contributed by atoms with E-state index in [0.29, 0.717) is 17.6 Å². The molecule has 4 rings (SSSR count). The molecule has 2 aliphatic carbocycles. The van der Waals surface area contributed by atoms with Crippen molar-refractivity contribution < 1.29 is 9.53 Å². The lowest BCUT2D eigenvalue weighted by Gasteiger charge is -2.41. The fraction of sp³-hybridized carbons (Fsp3) is 0.708. The molecule has 3 aliphatic rings. The molecule has 0 bridgehead atoms. The van der Waals surface area contributed by atoms with E-state index in [1.165, 1.54) is 37.7 Å². The van der Waals surface area contributed by atoms with Gasteiger partial charge in [-0.15, -0.1) is 0 Å². The van der Waals surface area contributed by atoms with Gasteiger partial charge in [-0.3, -0.25) is 4.79 Å². The van der Waals surface area contributed by atoms with E-state index in [1.807, 2.05) is 6.07 Å². The van der Waals surface area contributed by atoms with E-state index in [0.717, 1.165) is 56.7 Å². The van der Waals surface area contributed by atoms with Crippen LogP contribution < -0.4 is 16.0 Å². The molecule has 31 heavy (non-hydrogen) atoms. The minimum atomic E-state index is -0.299. The van der Waals surface area contributed by atoms with Gasteiger partial charge in [-0.2, -0.15) is 4.99 Å². The molecule has 2 heterocycles. The quantitative estimate of drug-likeness (QED) is 0.554. The van der Waals surface area contributed by atoms with Gasteiger partial charge in [0.1, 0.15) is 11.7 Å². The van der Waals surface area contributed by atoms with Gasteiger partial charge in [0.15, 0.2) is 0 Å². The van der Waals surface area contributed by atoms with E-state index >= 15 is 0 Å². The monoisotopic (exact) mass is 427 g/mol. The number of aryl methyl sites for hydroxylation is 2. The number of nitrogens with zero attached hydrogens (tertiary/aromatic N) is 3. The van der Waals surface area contributed by atoms with Crippen molar-refractivity contribution >= 4 is 17.6 Å². The average Bonchev–Trinajstić information content (AvgIpc) is 2.78. The van der Waals surface area contributed by atoms with E-state index in [4.69, 9.17) is 15.5 Å². The maximum atomic E-state index is 12.9. The zero-order valence-electron chi connectivity index (χ0n) is 19.0. The summed E-state index contributed by atoms with van der Waals surface area (Å²) in [6.07, 6.45) is 11.8. The number of anilines is 1. The number of carbonyl (C=O) groups is 1. The van der Waals surface area contributed by atoms with Crippen molar-refractivity contribution in [3.8, 4) is 0 Å². The molecular weight excluding hydrogens is 390 g/mol. The number of nitrogens with one attached hydrogen (secondary N) is 1. The van der Waals surface area contributed by atoms with E-state index in [2.05, 4.69) is 15.2 Å². The lowest BCUT2D eigenvalue weighted by molar-refractivity contribution is 0.0533. The second-order valence-electron chi connectivity index (χ2n) is 9.35. The van der Waals surface area contributed by atoms with Crippen LogP contribution in [0.25, 0.3) is 0 Å². The summed E-state index contributed by atoms with van der Waals surface area (Å²) in [4.78, 5) is 24.1. The molecule has 0 aromatic carbocycles. The Kier molecular flexibility index (Phi) is 7.23. The molecule has 1 aromatic rings. The number of pyridine rings is 1. The number of piperidine rings is 1. The second-order valence-corrected chi connectivity index (χ2v) is 9.35. The number of aliphatic imine (C=N–C) groups is 1. The number of amides is 1. The van der Waals surface area contributed by atoms with Gasteiger partial charge in [0.05, 0.1) is 11.7 Å². The van der Waals surface area contributed by atoms with Gasteiger partial charge in [0.25, 0.3) is 5.91 Å². The fourth-order valence-electron chi connectivity index (χ4n) is 5.35. The summed E-state index contributed by atoms with van der Waals surface area (Å²) in [5.74, 6) is 0.722. The topological polar surface area (TPSA) is 92.8 Å². The number of nitrogens with two attached hydrogens (primary N) is 1. The van der Waals surface area contributed by atoms with Crippen LogP contribution >= 0.6 is 0 Å². The van der Waals surface area contributed by atoms with Gasteiger partial charge in [-0.1, -0.05) is 19.3 Å². The lowest BCUT2D eigenvalue weighted by Crippen LogP contribution is -2.56. The number of hydrogen-bond donors (Lipinski definition) is 2. The predicted octanol–water partition coefficient (Wildman–Crippen LogP) is 2.99. The molecular formula is C24H37N5O2. The number of carbonyl (C=O) groups excluding carboxylic acids is 1. The van der Waals surface area contributed by atoms with Crippen LogP contribution in [0.2, 0.25) is 0 Å². The van der Waals surface area contributed by atoms with Gasteiger partial charge in [-0.05, 0) is 63.5 Å². The van der Waals surface area contributed by atoms with Gasteiger partial charge in [0, 0.05) is 38.0 Å². The third-order valence-corrected chi connectivity index (χ3v) is 7.01. The van der Waals surface area contributed by atoms with E-state index in [1.54, 1.807) is 14.0 Å². The van der Waals surface area contributed by atoms with Crippen molar-refractivity contribution in [1.29, 1.82) is 0 Å². The van der Waals surface area contributed by atoms with Crippen molar-refractivity contribution in [2.24, 2.45) is 10.7 Å². The fourth-order valence-corrected chi connectivity index (χ4v) is 5.35. The first-order chi connectivity index (χ1) is 15.0. The molecule has 0 radical (unpaired) electrons. The van der Waals surface area contributed by atoms with E-state index < -0.39 is 0 Å². The summed E-state index contributed by atoms with van der Waals surface area (Å²) < 4.78 is 5.91. The van der Waals surface area contributed by atoms with Crippen LogP contribution in [0.4, 0.5) is 5.82 Å². The maximum absolute atomic E-state index is 12.9. The van der Waals surface area contributed by atoms with Gasteiger partial charge in [0.2, 0.25) is 0 Å². The molecule has 170 valence electrons. The number of hydrogen-bond acceptors (Lipinski definition) is 5. The summed E-state index contributed by atoms with van der Waals surface area (Å²) in [6, 6.07) is 2.95. The number of aromatic nitrogens is 1. The lowest BCUT2D eigenvalue weighted by atomic mass is 9.92. The Morgan fingerprint density at radius 1 is 1.19 bits per heavy atom. The van der Waals surface area contributed by atoms with Crippen LogP contribution in [0.3, 0.4) is 0 Å². The number of methoxy groups -OCH3 is 1. The maximum Gasteiger partial charge on any atom is 0.282 e. The Labute approximate surface area is 185 Å². The number of amidine groups is 1. The Bertz CT molecular complexity index is 814. The summed E-state index contributed by atoms with van der Waals surface area (Å²) in [5.41, 5.74) is 8.59. The molecule has 1 saturated heterocycles. The van der Waals surface area contributed by atoms with Crippen molar-refractivity contribution in [2.75, 3.05) is 25.1 Å². The molecule has 2 fully saturated rings. The van der Waals surface area contributed by atoms with Crippen molar-refractivity contribution in [3.05, 3.63) is 22.9 Å². The number of rotatable bonds is 5. The Morgan fingerprint density at radius 2 is 1.97 bits per heavy atom. The second kappa shape index (κ2) is 10.1. The first kappa shape index (κ1) is 22.2. The zero-order valence-corrected chi connectivity index (χ0v) is 19.0. The average molecular weight is 428 g/mol. The normalized spacial score (nSPS) is 25.4. The van der Waals surface area contributed by atoms with Crippen LogP contribution in [0.5, 0.6) is 0 Å². The molecule has 1 aliphatic heterocycles. The Hall–Kier alpha value is -1.99. The third kappa shape index (κ3) is 5.26. The highest BCUT2D eigenvalue weighted by Gasteiger charge is 2.33. The van der Waals surface area contributed by atoms with Gasteiger partial charge >= 0.3 is 0 Å². The van der Waals surface area contributed by atoms with Crippen molar-refractivity contribution in [1.82, 2.24) is 10.3 Å². The number of ether oxygens (including phenoxy) is 1. The van der Waals surface area contributed by atoms with Gasteiger partial charge in [-0.25, -0.2) is 4.98 Å². The smallest absolute Gasteiger partial charge is 0.282 e. The molecule has 3 N–H and O–H groups in total. The Balaban J connectivity index is 1.56. The van der Waals surface area contributed by atoms with Gasteiger partial charge < -0.3 is 20.7 Å². The largest absolute Gasteiger partial charge is 0.387 e. The summed E-state index contributed by atoms with van der Waals surface area (Å²) >= 11 is 0. The van der Waals surface area contributed by atoms with Crippen molar-refractivity contribution in [3.63, 3.8) is 0 Å². The SMILES string of the molecule is COC1CN(c2nc3c(cc2C(=O)N=C(C)N)CCCC3)CCC1NC1CCCCC1. The summed E-state index contributed by atoms with van der Waals surface area (Å²) in [7, 11) is 1.79. The summed E-state index contributed by atoms with van der Waals surface area (Å²) in [6.45, 7) is 3.21. The van der Waals surface area contributed by atoms with E-state index in [-0.39, 0.29) is 17.8 Å². The van der Waals surface area contributed by atoms with Crippen LogP contribution in [0.1, 0.15) is 79.9 Å². The highest BCUT2D eigenvalue weighted by Crippen LogP contribution is 2.30. The molecule has 1 aromatic heterocycles.